The van der Waals surface area contributed by atoms with Gasteiger partial charge in [-0.1, -0.05) is 24.3 Å². The highest BCUT2D eigenvalue weighted by atomic mass is 32.2. The second kappa shape index (κ2) is 8.26. The molecule has 0 radical (unpaired) electrons. The second-order valence-corrected chi connectivity index (χ2v) is 9.33. The van der Waals surface area contributed by atoms with Gasteiger partial charge in [-0.2, -0.15) is 0 Å². The van der Waals surface area contributed by atoms with Crippen LogP contribution in [0.15, 0.2) is 63.3 Å². The molecule has 1 unspecified atom stereocenters. The minimum Gasteiger partial charge on any atom is -0.367 e. The Kier molecular flexibility index (Phi) is 6.00. The molecule has 1 atom stereocenters. The van der Waals surface area contributed by atoms with Crippen LogP contribution in [0.4, 0.5) is 0 Å². The van der Waals surface area contributed by atoms with E-state index in [1.165, 1.54) is 11.1 Å². The molecule has 2 aromatic carbocycles. The van der Waals surface area contributed by atoms with Gasteiger partial charge in [-0.05, 0) is 73.9 Å². The second-order valence-electron chi connectivity index (χ2n) is 7.38. The van der Waals surface area contributed by atoms with Crippen molar-refractivity contribution in [1.82, 2.24) is 4.90 Å². The van der Waals surface area contributed by atoms with Crippen LogP contribution < -0.4 is 0 Å². The van der Waals surface area contributed by atoms with Gasteiger partial charge in [-0.3, -0.25) is 4.99 Å². The number of nitrogens with zero attached hydrogens (tertiary/aromatic N) is 2. The van der Waals surface area contributed by atoms with Crippen LogP contribution in [0.2, 0.25) is 0 Å². The van der Waals surface area contributed by atoms with Gasteiger partial charge in [0.05, 0.1) is 15.6 Å². The van der Waals surface area contributed by atoms with Gasteiger partial charge >= 0.3 is 0 Å². The SMILES string of the molecule is CC(=NCCC1CCCc2cc(S(=O)(=O)c3ccccc3)ccc21)N(C)C. The number of benzene rings is 2. The molecule has 0 spiro atoms. The molecule has 4 nitrogen and oxygen atoms in total. The van der Waals surface area contributed by atoms with E-state index in [9.17, 15) is 8.42 Å². The normalized spacial score (nSPS) is 17.4. The molecular weight excluding hydrogens is 356 g/mol. The van der Waals surface area contributed by atoms with Gasteiger partial charge in [0.15, 0.2) is 0 Å². The zero-order chi connectivity index (χ0) is 19.4. The van der Waals surface area contributed by atoms with Crippen LogP contribution in [0.1, 0.15) is 43.2 Å². The third-order valence-electron chi connectivity index (χ3n) is 5.38. The molecule has 1 aliphatic carbocycles. The van der Waals surface area contributed by atoms with E-state index in [0.29, 0.717) is 15.7 Å². The van der Waals surface area contributed by atoms with Crippen molar-refractivity contribution in [2.45, 2.75) is 48.3 Å². The lowest BCUT2D eigenvalue weighted by molar-refractivity contribution is 0.522. The van der Waals surface area contributed by atoms with E-state index in [2.05, 4.69) is 4.99 Å². The molecule has 0 saturated heterocycles. The highest BCUT2D eigenvalue weighted by Crippen LogP contribution is 2.36. The quantitative estimate of drug-likeness (QED) is 0.570. The van der Waals surface area contributed by atoms with Gasteiger partial charge in [-0.15, -0.1) is 0 Å². The molecule has 0 aliphatic heterocycles. The van der Waals surface area contributed by atoms with Crippen LogP contribution in [0.3, 0.4) is 0 Å². The summed E-state index contributed by atoms with van der Waals surface area (Å²) in [6, 6.07) is 14.3. The molecule has 0 heterocycles. The molecule has 27 heavy (non-hydrogen) atoms. The molecule has 0 bridgehead atoms. The number of hydrogen-bond acceptors (Lipinski definition) is 3. The number of aryl methyl sites for hydroxylation is 1. The summed E-state index contributed by atoms with van der Waals surface area (Å²) in [5, 5.41) is 0. The van der Waals surface area contributed by atoms with E-state index < -0.39 is 9.84 Å². The molecule has 0 N–H and O–H groups in total. The molecule has 5 heteroatoms. The van der Waals surface area contributed by atoms with Crippen molar-refractivity contribution in [3.05, 3.63) is 59.7 Å². The first-order valence-electron chi connectivity index (χ1n) is 9.51. The van der Waals surface area contributed by atoms with Crippen molar-refractivity contribution in [2.75, 3.05) is 20.6 Å². The molecule has 1 aliphatic rings. The summed E-state index contributed by atoms with van der Waals surface area (Å²) < 4.78 is 25.8. The monoisotopic (exact) mass is 384 g/mol. The first-order chi connectivity index (χ1) is 12.9. The van der Waals surface area contributed by atoms with Gasteiger partial charge in [0.25, 0.3) is 0 Å². The van der Waals surface area contributed by atoms with Gasteiger partial charge in [0, 0.05) is 20.6 Å². The molecule has 0 amide bonds. The molecular formula is C22H28N2O2S. The van der Waals surface area contributed by atoms with Crippen molar-refractivity contribution in [3.8, 4) is 0 Å². The van der Waals surface area contributed by atoms with Gasteiger partial charge in [0.1, 0.15) is 0 Å². The van der Waals surface area contributed by atoms with Crippen molar-refractivity contribution in [1.29, 1.82) is 0 Å². The summed E-state index contributed by atoms with van der Waals surface area (Å²) >= 11 is 0. The predicted octanol–water partition coefficient (Wildman–Crippen LogP) is 4.31. The van der Waals surface area contributed by atoms with Crippen LogP contribution in [-0.2, 0) is 16.3 Å². The zero-order valence-electron chi connectivity index (χ0n) is 16.4. The number of amidine groups is 1. The van der Waals surface area contributed by atoms with Gasteiger partial charge in [-0.25, -0.2) is 8.42 Å². The van der Waals surface area contributed by atoms with Crippen molar-refractivity contribution in [3.63, 3.8) is 0 Å². The molecule has 0 aromatic heterocycles. The fourth-order valence-corrected chi connectivity index (χ4v) is 4.95. The summed E-state index contributed by atoms with van der Waals surface area (Å²) in [4.78, 5) is 7.41. The zero-order valence-corrected chi connectivity index (χ0v) is 17.2. The maximum atomic E-state index is 12.9. The first kappa shape index (κ1) is 19.6. The number of fused-ring (bicyclic) bond motifs is 1. The summed E-state index contributed by atoms with van der Waals surface area (Å²) in [5.74, 6) is 1.50. The van der Waals surface area contributed by atoms with Crippen molar-refractivity contribution < 1.29 is 8.42 Å². The topological polar surface area (TPSA) is 49.7 Å². The minimum absolute atomic E-state index is 0.353. The highest BCUT2D eigenvalue weighted by Gasteiger charge is 2.24. The van der Waals surface area contributed by atoms with Gasteiger partial charge < -0.3 is 4.90 Å². The lowest BCUT2D eigenvalue weighted by atomic mass is 9.81. The number of sulfone groups is 1. The van der Waals surface area contributed by atoms with E-state index in [1.54, 1.807) is 30.3 Å². The average Bonchev–Trinajstić information content (AvgIpc) is 2.68. The van der Waals surface area contributed by atoms with Crippen LogP contribution in [0, 0.1) is 0 Å². The largest absolute Gasteiger partial charge is 0.367 e. The maximum Gasteiger partial charge on any atom is 0.206 e. The minimum atomic E-state index is -3.46. The van der Waals surface area contributed by atoms with Crippen molar-refractivity contribution >= 4 is 15.7 Å². The predicted molar refractivity (Wildman–Crippen MR) is 110 cm³/mol. The molecule has 0 fully saturated rings. The average molecular weight is 385 g/mol. The summed E-state index contributed by atoms with van der Waals surface area (Å²) in [6.45, 7) is 2.83. The van der Waals surface area contributed by atoms with E-state index in [4.69, 9.17) is 0 Å². The Hall–Kier alpha value is -2.14. The fraction of sp³-hybridized carbons (Fsp3) is 0.409. The van der Waals surface area contributed by atoms with E-state index in [-0.39, 0.29) is 0 Å². The van der Waals surface area contributed by atoms with Gasteiger partial charge in [0.2, 0.25) is 9.84 Å². The molecule has 3 rings (SSSR count). The van der Waals surface area contributed by atoms with Crippen LogP contribution >= 0.6 is 0 Å². The Morgan fingerprint density at radius 2 is 1.85 bits per heavy atom. The van der Waals surface area contributed by atoms with E-state index >= 15 is 0 Å². The number of hydrogen-bond donors (Lipinski definition) is 0. The maximum absolute atomic E-state index is 12.9. The van der Waals surface area contributed by atoms with Crippen LogP contribution in [0.25, 0.3) is 0 Å². The van der Waals surface area contributed by atoms with E-state index in [0.717, 1.165) is 38.1 Å². The summed E-state index contributed by atoms with van der Waals surface area (Å²) in [7, 11) is 0.552. The standard InChI is InChI=1S/C22H28N2O2S/c1-17(24(2)3)23-15-14-18-8-7-9-19-16-21(12-13-22(18)19)27(25,26)20-10-5-4-6-11-20/h4-6,10-13,16,18H,7-9,14-15H2,1-3H3. The summed E-state index contributed by atoms with van der Waals surface area (Å²) in [6.07, 6.45) is 4.20. The highest BCUT2D eigenvalue weighted by molar-refractivity contribution is 7.91. The van der Waals surface area contributed by atoms with Crippen LogP contribution in [0.5, 0.6) is 0 Å². The Morgan fingerprint density at radius 3 is 2.56 bits per heavy atom. The molecule has 144 valence electrons. The Balaban J connectivity index is 1.82. The van der Waals surface area contributed by atoms with E-state index in [1.807, 2.05) is 44.1 Å². The Bertz CT molecular complexity index is 919. The smallest absolute Gasteiger partial charge is 0.206 e. The first-order valence-corrected chi connectivity index (χ1v) is 11.0. The number of rotatable bonds is 5. The Morgan fingerprint density at radius 1 is 1.11 bits per heavy atom. The van der Waals surface area contributed by atoms with Crippen LogP contribution in [-0.4, -0.2) is 39.8 Å². The van der Waals surface area contributed by atoms with Crippen molar-refractivity contribution in [2.24, 2.45) is 4.99 Å². The molecule has 2 aromatic rings. The third-order valence-corrected chi connectivity index (χ3v) is 7.15. The summed E-state index contributed by atoms with van der Waals surface area (Å²) in [5.41, 5.74) is 2.47. The molecule has 0 saturated carbocycles. The fourth-order valence-electron chi connectivity index (χ4n) is 3.62. The number of aliphatic imine (C=N–C) groups is 1. The third kappa shape index (κ3) is 4.41. The Labute approximate surface area is 162 Å². The lowest BCUT2D eigenvalue weighted by Gasteiger charge is -2.26. The lowest BCUT2D eigenvalue weighted by Crippen LogP contribution is -2.19.